The van der Waals surface area contributed by atoms with Crippen LogP contribution in [0.25, 0.3) is 0 Å². The maximum Gasteiger partial charge on any atom is 0.408 e. The predicted octanol–water partition coefficient (Wildman–Crippen LogP) is -0.369. The molecule has 1 aromatic carbocycles. The Balaban J connectivity index is 1.81. The molecule has 1 atom stereocenters. The van der Waals surface area contributed by atoms with Gasteiger partial charge in [0.1, 0.15) is 25.7 Å². The summed E-state index contributed by atoms with van der Waals surface area (Å²) in [6.07, 6.45) is -1.39. The summed E-state index contributed by atoms with van der Waals surface area (Å²) in [5.74, 6) is -3.08. The first-order valence-corrected chi connectivity index (χ1v) is 8.15. The highest BCUT2D eigenvalue weighted by Gasteiger charge is 2.28. The molecule has 2 rings (SSSR count). The van der Waals surface area contributed by atoms with E-state index in [9.17, 15) is 29.1 Å². The average molecular weight is 377 g/mol. The smallest absolute Gasteiger partial charge is 0.408 e. The number of imide groups is 1. The van der Waals surface area contributed by atoms with Crippen molar-refractivity contribution in [1.29, 1.82) is 0 Å². The Bertz CT molecular complexity index is 719. The van der Waals surface area contributed by atoms with E-state index in [2.05, 4.69) is 10.6 Å². The molecule has 0 radical (unpaired) electrons. The first-order chi connectivity index (χ1) is 12.8. The zero-order chi connectivity index (χ0) is 19.8. The molecular weight excluding hydrogens is 358 g/mol. The number of aliphatic carboxylic acids is 1. The standard InChI is InChI=1S/C17H19N3O7/c21-13-8-20(9-14(22)19-13)15(23)7-6-12(16(24)25)18-17(26)27-10-11-4-2-1-3-5-11/h1-5,12H,6-10H2,(H,18,26)(H,24,25)(H,19,21,22)/t12-/m0/s1. The number of benzene rings is 1. The van der Waals surface area contributed by atoms with E-state index in [0.29, 0.717) is 0 Å². The van der Waals surface area contributed by atoms with Crippen molar-refractivity contribution in [2.45, 2.75) is 25.5 Å². The summed E-state index contributed by atoms with van der Waals surface area (Å²) >= 11 is 0. The molecule has 4 amide bonds. The van der Waals surface area contributed by atoms with E-state index < -0.39 is 35.8 Å². The molecule has 1 heterocycles. The number of rotatable bonds is 7. The van der Waals surface area contributed by atoms with E-state index in [1.54, 1.807) is 30.3 Å². The second kappa shape index (κ2) is 9.32. The molecule has 0 unspecified atom stereocenters. The Labute approximate surface area is 154 Å². The first kappa shape index (κ1) is 19.9. The Morgan fingerprint density at radius 1 is 1.15 bits per heavy atom. The van der Waals surface area contributed by atoms with Gasteiger partial charge in [-0.15, -0.1) is 0 Å². The van der Waals surface area contributed by atoms with Gasteiger partial charge in [0.15, 0.2) is 0 Å². The summed E-state index contributed by atoms with van der Waals surface area (Å²) in [7, 11) is 0. The van der Waals surface area contributed by atoms with Crippen LogP contribution in [0.4, 0.5) is 4.79 Å². The van der Waals surface area contributed by atoms with Gasteiger partial charge in [-0.05, 0) is 12.0 Å². The number of carbonyl (C=O) groups excluding carboxylic acids is 4. The Hall–Kier alpha value is -3.43. The summed E-state index contributed by atoms with van der Waals surface area (Å²) in [6, 6.07) is 7.50. The van der Waals surface area contributed by atoms with E-state index in [1.807, 2.05) is 0 Å². The number of carboxylic acid groups (broad SMARTS) is 1. The van der Waals surface area contributed by atoms with Crippen molar-refractivity contribution < 1.29 is 33.8 Å². The van der Waals surface area contributed by atoms with Crippen molar-refractivity contribution in [3.05, 3.63) is 35.9 Å². The second-order valence-electron chi connectivity index (χ2n) is 5.86. The third-order valence-electron chi connectivity index (χ3n) is 3.75. The van der Waals surface area contributed by atoms with Crippen LogP contribution in [-0.4, -0.2) is 58.9 Å². The van der Waals surface area contributed by atoms with Crippen LogP contribution in [0.1, 0.15) is 18.4 Å². The molecule has 1 aliphatic rings. The largest absolute Gasteiger partial charge is 0.480 e. The Kier molecular flexibility index (Phi) is 6.86. The highest BCUT2D eigenvalue weighted by Crippen LogP contribution is 2.06. The van der Waals surface area contributed by atoms with Gasteiger partial charge in [0.25, 0.3) is 0 Å². The zero-order valence-corrected chi connectivity index (χ0v) is 14.3. The molecule has 1 saturated heterocycles. The lowest BCUT2D eigenvalue weighted by Gasteiger charge is -2.25. The number of carboxylic acids is 1. The minimum Gasteiger partial charge on any atom is -0.480 e. The number of nitrogens with one attached hydrogen (secondary N) is 2. The van der Waals surface area contributed by atoms with Gasteiger partial charge in [0, 0.05) is 6.42 Å². The van der Waals surface area contributed by atoms with E-state index in [-0.39, 0.29) is 32.5 Å². The highest BCUT2D eigenvalue weighted by atomic mass is 16.5. The fourth-order valence-corrected chi connectivity index (χ4v) is 2.40. The van der Waals surface area contributed by atoms with E-state index in [1.165, 1.54) is 0 Å². The molecule has 10 heteroatoms. The van der Waals surface area contributed by atoms with Crippen molar-refractivity contribution in [1.82, 2.24) is 15.5 Å². The Morgan fingerprint density at radius 3 is 2.37 bits per heavy atom. The van der Waals surface area contributed by atoms with Crippen LogP contribution in [0.2, 0.25) is 0 Å². The molecule has 1 aromatic rings. The van der Waals surface area contributed by atoms with Crippen LogP contribution in [-0.2, 0) is 30.5 Å². The summed E-state index contributed by atoms with van der Waals surface area (Å²) in [6.45, 7) is -0.563. The third kappa shape index (κ3) is 6.42. The van der Waals surface area contributed by atoms with Gasteiger partial charge < -0.3 is 20.1 Å². The van der Waals surface area contributed by atoms with Gasteiger partial charge in [-0.2, -0.15) is 0 Å². The van der Waals surface area contributed by atoms with Crippen LogP contribution in [0, 0.1) is 0 Å². The minimum absolute atomic E-state index is 0.0249. The van der Waals surface area contributed by atoms with Crippen molar-refractivity contribution in [2.75, 3.05) is 13.1 Å². The van der Waals surface area contributed by atoms with Gasteiger partial charge >= 0.3 is 12.1 Å². The molecule has 1 fully saturated rings. The topological polar surface area (TPSA) is 142 Å². The maximum absolute atomic E-state index is 12.1. The molecular formula is C17H19N3O7. The predicted molar refractivity (Wildman–Crippen MR) is 90.2 cm³/mol. The molecule has 3 N–H and O–H groups in total. The zero-order valence-electron chi connectivity index (χ0n) is 14.3. The van der Waals surface area contributed by atoms with E-state index in [4.69, 9.17) is 4.74 Å². The van der Waals surface area contributed by atoms with Crippen LogP contribution in [0.3, 0.4) is 0 Å². The molecule has 0 aliphatic carbocycles. The molecule has 0 aromatic heterocycles. The molecule has 1 aliphatic heterocycles. The third-order valence-corrected chi connectivity index (χ3v) is 3.75. The molecule has 27 heavy (non-hydrogen) atoms. The number of nitrogens with zero attached hydrogens (tertiary/aromatic N) is 1. The number of hydrogen-bond donors (Lipinski definition) is 3. The molecule has 0 saturated carbocycles. The molecule has 0 spiro atoms. The fourth-order valence-electron chi connectivity index (χ4n) is 2.40. The van der Waals surface area contributed by atoms with Crippen molar-refractivity contribution in [3.8, 4) is 0 Å². The van der Waals surface area contributed by atoms with Crippen LogP contribution in [0.15, 0.2) is 30.3 Å². The Morgan fingerprint density at radius 2 is 1.78 bits per heavy atom. The number of alkyl carbamates (subject to hydrolysis) is 1. The van der Waals surface area contributed by atoms with Crippen molar-refractivity contribution >= 4 is 29.8 Å². The lowest BCUT2D eigenvalue weighted by molar-refractivity contribution is -0.146. The summed E-state index contributed by atoms with van der Waals surface area (Å²) in [5, 5.41) is 13.4. The second-order valence-corrected chi connectivity index (χ2v) is 5.86. The average Bonchev–Trinajstić information content (AvgIpc) is 2.63. The summed E-state index contributed by atoms with van der Waals surface area (Å²) < 4.78 is 4.95. The molecule has 144 valence electrons. The number of carbonyl (C=O) groups is 5. The normalized spacial score (nSPS) is 14.9. The highest BCUT2D eigenvalue weighted by molar-refractivity contribution is 6.02. The van der Waals surface area contributed by atoms with E-state index >= 15 is 0 Å². The number of ether oxygens (including phenoxy) is 1. The van der Waals surface area contributed by atoms with Crippen LogP contribution >= 0.6 is 0 Å². The number of hydrogen-bond acceptors (Lipinski definition) is 6. The SMILES string of the molecule is O=C1CN(C(=O)CC[C@H](NC(=O)OCc2ccccc2)C(=O)O)CC(=O)N1. The summed E-state index contributed by atoms with van der Waals surface area (Å²) in [4.78, 5) is 58.7. The lowest BCUT2D eigenvalue weighted by atomic mass is 10.1. The minimum atomic E-state index is -1.34. The van der Waals surface area contributed by atoms with E-state index in [0.717, 1.165) is 10.5 Å². The van der Waals surface area contributed by atoms with Crippen molar-refractivity contribution in [2.24, 2.45) is 0 Å². The lowest BCUT2D eigenvalue weighted by Crippen LogP contribution is -2.53. The quantitative estimate of drug-likeness (QED) is 0.550. The van der Waals surface area contributed by atoms with Gasteiger partial charge in [0.05, 0.1) is 0 Å². The molecule has 10 nitrogen and oxygen atoms in total. The first-order valence-electron chi connectivity index (χ1n) is 8.15. The van der Waals surface area contributed by atoms with Crippen LogP contribution < -0.4 is 10.6 Å². The number of amides is 4. The van der Waals surface area contributed by atoms with Crippen LogP contribution in [0.5, 0.6) is 0 Å². The summed E-state index contributed by atoms with van der Waals surface area (Å²) in [5.41, 5.74) is 0.739. The van der Waals surface area contributed by atoms with Gasteiger partial charge in [-0.25, -0.2) is 9.59 Å². The fraction of sp³-hybridized carbons (Fsp3) is 0.353. The molecule has 0 bridgehead atoms. The van der Waals surface area contributed by atoms with Gasteiger partial charge in [-0.1, -0.05) is 30.3 Å². The van der Waals surface area contributed by atoms with Gasteiger partial charge in [0.2, 0.25) is 17.7 Å². The monoisotopic (exact) mass is 377 g/mol. The number of piperazine rings is 1. The van der Waals surface area contributed by atoms with Gasteiger partial charge in [-0.3, -0.25) is 19.7 Å². The van der Waals surface area contributed by atoms with Crippen molar-refractivity contribution in [3.63, 3.8) is 0 Å². The maximum atomic E-state index is 12.1.